The number of rotatable bonds is 9. The van der Waals surface area contributed by atoms with Crippen LogP contribution < -0.4 is 4.74 Å². The monoisotopic (exact) mass is 493 g/mol. The van der Waals surface area contributed by atoms with E-state index in [1.807, 2.05) is 0 Å². The number of nitrogens with zero attached hydrogens (tertiary/aromatic N) is 3. The molecule has 1 amide bonds. The van der Waals surface area contributed by atoms with Gasteiger partial charge in [-0.1, -0.05) is 12.7 Å². The number of nitro groups is 1. The zero-order valence-electron chi connectivity index (χ0n) is 19.7. The third-order valence-electron chi connectivity index (χ3n) is 6.22. The maximum absolute atomic E-state index is 13.2. The lowest BCUT2D eigenvalue weighted by molar-refractivity contribution is -0.384. The molecular formula is C26H27N3O7. The normalized spacial score (nSPS) is 19.9. The standard InChI is InChI=1S/C26H27N3O7/c1-2-15-36-21-9-5-19(6-10-21)24(30)22-23(18-3-7-20(8-4-18)29(33)34)28(26(32)25(22)31)12-11-27-13-16-35-17-14-27/h2-10,23,30H,1,11-17H2/b24-22+/t23-/m0/s1. The van der Waals surface area contributed by atoms with Gasteiger partial charge in [-0.25, -0.2) is 0 Å². The maximum Gasteiger partial charge on any atom is 0.295 e. The highest BCUT2D eigenvalue weighted by Gasteiger charge is 2.46. The van der Waals surface area contributed by atoms with Gasteiger partial charge in [0.1, 0.15) is 18.1 Å². The Morgan fingerprint density at radius 2 is 1.78 bits per heavy atom. The van der Waals surface area contributed by atoms with Crippen molar-refractivity contribution in [2.45, 2.75) is 6.04 Å². The van der Waals surface area contributed by atoms with E-state index < -0.39 is 22.7 Å². The van der Waals surface area contributed by atoms with Crippen molar-refractivity contribution in [2.24, 2.45) is 0 Å². The molecule has 1 N–H and O–H groups in total. The molecule has 2 fully saturated rings. The minimum Gasteiger partial charge on any atom is -0.507 e. The highest BCUT2D eigenvalue weighted by atomic mass is 16.6. The molecule has 4 rings (SSSR count). The summed E-state index contributed by atoms with van der Waals surface area (Å²) >= 11 is 0. The molecule has 2 aliphatic heterocycles. The minimum absolute atomic E-state index is 0.0596. The Hall–Kier alpha value is -4.02. The smallest absolute Gasteiger partial charge is 0.295 e. The number of amides is 1. The number of ether oxygens (including phenoxy) is 2. The third kappa shape index (κ3) is 5.29. The summed E-state index contributed by atoms with van der Waals surface area (Å²) in [5, 5.41) is 22.3. The summed E-state index contributed by atoms with van der Waals surface area (Å²) in [5.41, 5.74) is 0.669. The van der Waals surface area contributed by atoms with E-state index in [0.29, 0.717) is 56.3 Å². The number of likely N-dealkylation sites (tertiary alicyclic amines) is 1. The van der Waals surface area contributed by atoms with Gasteiger partial charge >= 0.3 is 0 Å². The van der Waals surface area contributed by atoms with Crippen molar-refractivity contribution in [2.75, 3.05) is 46.0 Å². The number of Topliss-reactive ketones (excluding diaryl/α,β-unsaturated/α-hetero) is 1. The van der Waals surface area contributed by atoms with Crippen LogP contribution in [-0.2, 0) is 14.3 Å². The molecule has 36 heavy (non-hydrogen) atoms. The van der Waals surface area contributed by atoms with Crippen LogP contribution in [0.1, 0.15) is 17.2 Å². The molecule has 2 saturated heterocycles. The van der Waals surface area contributed by atoms with E-state index in [4.69, 9.17) is 9.47 Å². The Bertz CT molecular complexity index is 1170. The number of morpholine rings is 1. The van der Waals surface area contributed by atoms with Gasteiger partial charge in [-0.05, 0) is 42.0 Å². The van der Waals surface area contributed by atoms with Crippen molar-refractivity contribution in [1.29, 1.82) is 0 Å². The number of hydrogen-bond acceptors (Lipinski definition) is 8. The van der Waals surface area contributed by atoms with Crippen LogP contribution in [0.4, 0.5) is 5.69 Å². The molecule has 0 aliphatic carbocycles. The van der Waals surface area contributed by atoms with Gasteiger partial charge in [-0.2, -0.15) is 0 Å². The number of ketones is 1. The number of benzene rings is 2. The summed E-state index contributed by atoms with van der Waals surface area (Å²) < 4.78 is 10.8. The second-order valence-electron chi connectivity index (χ2n) is 8.42. The number of non-ortho nitro benzene ring substituents is 1. The van der Waals surface area contributed by atoms with Crippen LogP contribution in [0.15, 0.2) is 66.8 Å². The number of aliphatic hydroxyl groups excluding tert-OH is 1. The molecule has 10 nitrogen and oxygen atoms in total. The van der Waals surface area contributed by atoms with Crippen molar-refractivity contribution in [3.05, 3.63) is 88.0 Å². The van der Waals surface area contributed by atoms with E-state index >= 15 is 0 Å². The first kappa shape index (κ1) is 25.1. The highest BCUT2D eigenvalue weighted by Crippen LogP contribution is 2.39. The summed E-state index contributed by atoms with van der Waals surface area (Å²) in [7, 11) is 0. The van der Waals surface area contributed by atoms with Crippen LogP contribution in [0.25, 0.3) is 5.76 Å². The van der Waals surface area contributed by atoms with Crippen molar-refractivity contribution in [3.8, 4) is 5.75 Å². The van der Waals surface area contributed by atoms with Crippen molar-refractivity contribution in [3.63, 3.8) is 0 Å². The van der Waals surface area contributed by atoms with Crippen LogP contribution >= 0.6 is 0 Å². The lowest BCUT2D eigenvalue weighted by atomic mass is 9.95. The summed E-state index contributed by atoms with van der Waals surface area (Å²) in [6.07, 6.45) is 1.61. The molecule has 2 aliphatic rings. The van der Waals surface area contributed by atoms with E-state index in [0.717, 1.165) is 0 Å². The average molecular weight is 494 g/mol. The van der Waals surface area contributed by atoms with E-state index in [9.17, 15) is 24.8 Å². The Morgan fingerprint density at radius 3 is 2.39 bits per heavy atom. The molecule has 0 aromatic heterocycles. The SMILES string of the molecule is C=CCOc1ccc(/C(O)=C2\C(=O)C(=O)N(CCN3CCOCC3)[C@H]2c2ccc([N+](=O)[O-])cc2)cc1. The highest BCUT2D eigenvalue weighted by molar-refractivity contribution is 6.46. The second kappa shape index (κ2) is 11.1. The second-order valence-corrected chi connectivity index (χ2v) is 8.42. The van der Waals surface area contributed by atoms with E-state index in [1.165, 1.54) is 29.2 Å². The molecule has 1 atom stereocenters. The van der Waals surface area contributed by atoms with Crippen LogP contribution in [0.5, 0.6) is 5.75 Å². The quantitative estimate of drug-likeness (QED) is 0.141. The molecule has 0 unspecified atom stereocenters. The number of aliphatic hydroxyl groups is 1. The Labute approximate surface area is 208 Å². The van der Waals surface area contributed by atoms with Gasteiger partial charge < -0.3 is 19.5 Å². The zero-order chi connectivity index (χ0) is 25.7. The predicted molar refractivity (Wildman–Crippen MR) is 131 cm³/mol. The first-order valence-electron chi connectivity index (χ1n) is 11.6. The van der Waals surface area contributed by atoms with Gasteiger partial charge in [0.25, 0.3) is 17.4 Å². The molecule has 2 aromatic carbocycles. The molecule has 0 radical (unpaired) electrons. The summed E-state index contributed by atoms with van der Waals surface area (Å²) in [6.45, 7) is 7.31. The van der Waals surface area contributed by atoms with E-state index in [2.05, 4.69) is 11.5 Å². The number of carbonyl (C=O) groups excluding carboxylic acids is 2. The first-order chi connectivity index (χ1) is 17.4. The third-order valence-corrected chi connectivity index (χ3v) is 6.22. The van der Waals surface area contributed by atoms with Gasteiger partial charge in [0.15, 0.2) is 0 Å². The number of hydrogen-bond donors (Lipinski definition) is 1. The Balaban J connectivity index is 1.70. The molecule has 0 bridgehead atoms. The van der Waals surface area contributed by atoms with E-state index in [-0.39, 0.29) is 23.6 Å². The van der Waals surface area contributed by atoms with Gasteiger partial charge in [0.2, 0.25) is 0 Å². The van der Waals surface area contributed by atoms with E-state index in [1.54, 1.807) is 30.3 Å². The van der Waals surface area contributed by atoms with Crippen LogP contribution in [0.2, 0.25) is 0 Å². The van der Waals surface area contributed by atoms with Crippen molar-refractivity contribution >= 4 is 23.1 Å². The topological polar surface area (TPSA) is 122 Å². The summed E-state index contributed by atoms with van der Waals surface area (Å²) in [6, 6.07) is 11.3. The lowest BCUT2D eigenvalue weighted by Crippen LogP contribution is -2.42. The minimum atomic E-state index is -0.886. The Morgan fingerprint density at radius 1 is 1.11 bits per heavy atom. The van der Waals surface area contributed by atoms with Gasteiger partial charge in [0, 0.05) is 43.9 Å². The fourth-order valence-electron chi connectivity index (χ4n) is 4.33. The van der Waals surface area contributed by atoms with Crippen LogP contribution in [0.3, 0.4) is 0 Å². The molecule has 2 aromatic rings. The first-order valence-corrected chi connectivity index (χ1v) is 11.6. The average Bonchev–Trinajstić information content (AvgIpc) is 3.16. The zero-order valence-corrected chi connectivity index (χ0v) is 19.7. The van der Waals surface area contributed by atoms with Crippen molar-refractivity contribution in [1.82, 2.24) is 9.80 Å². The lowest BCUT2D eigenvalue weighted by Gasteiger charge is -2.31. The molecule has 188 valence electrons. The fraction of sp³-hybridized carbons (Fsp3) is 0.308. The largest absolute Gasteiger partial charge is 0.507 e. The number of nitro benzene ring substituents is 1. The summed E-state index contributed by atoms with van der Waals surface area (Å²) in [4.78, 5) is 40.4. The molecular weight excluding hydrogens is 466 g/mol. The molecule has 0 saturated carbocycles. The molecule has 0 spiro atoms. The van der Waals surface area contributed by atoms with Crippen molar-refractivity contribution < 1.29 is 29.1 Å². The van der Waals surface area contributed by atoms with Gasteiger partial charge in [-0.15, -0.1) is 0 Å². The maximum atomic E-state index is 13.2. The summed E-state index contributed by atoms with van der Waals surface area (Å²) in [5.74, 6) is -1.28. The van der Waals surface area contributed by atoms with Gasteiger partial charge in [-0.3, -0.25) is 24.6 Å². The number of carbonyl (C=O) groups is 2. The Kier molecular flexibility index (Phi) is 7.77. The molecule has 10 heteroatoms. The predicted octanol–water partition coefficient (Wildman–Crippen LogP) is 2.91. The van der Waals surface area contributed by atoms with Gasteiger partial charge in [0.05, 0.1) is 29.8 Å². The fourth-order valence-corrected chi connectivity index (χ4v) is 4.33. The van der Waals surface area contributed by atoms with Crippen LogP contribution in [-0.4, -0.2) is 77.5 Å². The van der Waals surface area contributed by atoms with Crippen LogP contribution in [0, 0.1) is 10.1 Å². The molecule has 2 heterocycles.